The largest absolute Gasteiger partial charge is 0.461 e. The minimum atomic E-state index is -0.184. The van der Waals surface area contributed by atoms with E-state index in [0.29, 0.717) is 6.10 Å². The molecule has 1 aliphatic heterocycles. The van der Waals surface area contributed by atoms with Gasteiger partial charge >= 0.3 is 5.97 Å². The van der Waals surface area contributed by atoms with Gasteiger partial charge in [0.2, 0.25) is 0 Å². The van der Waals surface area contributed by atoms with Gasteiger partial charge in [0.25, 0.3) is 0 Å². The highest BCUT2D eigenvalue weighted by molar-refractivity contribution is 5.86. The first-order valence-electron chi connectivity index (χ1n) is 10.7. The Kier molecular flexibility index (Phi) is 7.93. The monoisotopic (exact) mass is 417 g/mol. The van der Waals surface area contributed by atoms with Crippen LogP contribution in [0.4, 0.5) is 0 Å². The third-order valence-corrected chi connectivity index (χ3v) is 6.06. The molecule has 0 radical (unpaired) electrons. The smallest absolute Gasteiger partial charge is 0.302 e. The number of carbonyl (C=O) groups excluding carboxylic acids is 1. The number of benzene rings is 2. The lowest BCUT2D eigenvalue weighted by Gasteiger charge is -2.31. The van der Waals surface area contributed by atoms with Gasteiger partial charge in [-0.25, -0.2) is 0 Å². The second-order valence-electron chi connectivity index (χ2n) is 8.23. The van der Waals surface area contributed by atoms with Gasteiger partial charge in [-0.2, -0.15) is 0 Å². The number of rotatable bonds is 6. The lowest BCUT2D eigenvalue weighted by Crippen LogP contribution is -2.32. The fourth-order valence-corrected chi connectivity index (χ4v) is 4.71. The topological polar surface area (TPSA) is 38.8 Å². The van der Waals surface area contributed by atoms with Crippen molar-refractivity contribution in [2.24, 2.45) is 0 Å². The average molecular weight is 418 g/mol. The summed E-state index contributed by atoms with van der Waals surface area (Å²) in [5, 5.41) is 2.54. The molecule has 0 N–H and O–H groups in total. The quantitative estimate of drug-likeness (QED) is 0.598. The molecular formula is C24H32ClNO3. The number of nitrogens with zero attached hydrogens (tertiary/aromatic N) is 1. The average Bonchev–Trinajstić information content (AvgIpc) is 3.14. The summed E-state index contributed by atoms with van der Waals surface area (Å²) in [4.78, 5) is 13.7. The van der Waals surface area contributed by atoms with Gasteiger partial charge in [0.15, 0.2) is 0 Å². The second kappa shape index (κ2) is 10.4. The van der Waals surface area contributed by atoms with E-state index < -0.39 is 0 Å². The maximum Gasteiger partial charge on any atom is 0.302 e. The zero-order chi connectivity index (χ0) is 19.3. The molecule has 5 heteroatoms. The van der Waals surface area contributed by atoms with Crippen LogP contribution in [0, 0.1) is 0 Å². The molecule has 1 saturated heterocycles. The predicted molar refractivity (Wildman–Crippen MR) is 119 cm³/mol. The number of halogens is 1. The summed E-state index contributed by atoms with van der Waals surface area (Å²) in [6.07, 6.45) is 7.51. The Morgan fingerprint density at radius 2 is 1.79 bits per heavy atom. The third kappa shape index (κ3) is 5.71. The molecular weight excluding hydrogens is 386 g/mol. The molecule has 2 atom stereocenters. The molecule has 2 aromatic carbocycles. The van der Waals surface area contributed by atoms with Crippen molar-refractivity contribution < 1.29 is 14.3 Å². The number of carbonyl (C=O) groups is 1. The van der Waals surface area contributed by atoms with Gasteiger partial charge in [0.05, 0.1) is 12.2 Å². The van der Waals surface area contributed by atoms with E-state index >= 15 is 0 Å². The first kappa shape index (κ1) is 22.1. The molecule has 2 unspecified atom stereocenters. The first-order chi connectivity index (χ1) is 13.7. The van der Waals surface area contributed by atoms with Crippen LogP contribution in [-0.4, -0.2) is 42.7 Å². The Labute approximate surface area is 180 Å². The van der Waals surface area contributed by atoms with Crippen LogP contribution >= 0.6 is 12.4 Å². The predicted octanol–water partition coefficient (Wildman–Crippen LogP) is 5.29. The molecule has 2 aliphatic rings. The fourth-order valence-electron chi connectivity index (χ4n) is 4.71. The van der Waals surface area contributed by atoms with Crippen LogP contribution in [0.3, 0.4) is 0 Å². The Morgan fingerprint density at radius 3 is 2.59 bits per heavy atom. The molecule has 4 nitrogen and oxygen atoms in total. The van der Waals surface area contributed by atoms with Crippen LogP contribution < -0.4 is 0 Å². The highest BCUT2D eigenvalue weighted by Gasteiger charge is 2.29. The first-order valence-corrected chi connectivity index (χ1v) is 10.7. The second-order valence-corrected chi connectivity index (χ2v) is 8.23. The molecule has 0 spiro atoms. The van der Waals surface area contributed by atoms with E-state index in [2.05, 4.69) is 47.4 Å². The summed E-state index contributed by atoms with van der Waals surface area (Å²) in [5.74, 6) is -0.184. The Bertz CT molecular complexity index is 800. The van der Waals surface area contributed by atoms with E-state index in [9.17, 15) is 4.79 Å². The molecule has 4 rings (SSSR count). The molecule has 29 heavy (non-hydrogen) atoms. The molecule has 2 fully saturated rings. The highest BCUT2D eigenvalue weighted by Crippen LogP contribution is 2.32. The van der Waals surface area contributed by atoms with Crippen molar-refractivity contribution in [1.82, 2.24) is 4.90 Å². The van der Waals surface area contributed by atoms with Gasteiger partial charge in [0, 0.05) is 26.6 Å². The Balaban J connectivity index is 0.00000240. The van der Waals surface area contributed by atoms with Crippen molar-refractivity contribution >= 4 is 29.1 Å². The minimum Gasteiger partial charge on any atom is -0.461 e. The SMILES string of the molecule is CC(=O)OC1CCN(CC(OC2CCCCC2)c2cccc3ccccc23)C1.Cl. The van der Waals surface area contributed by atoms with Crippen LogP contribution in [0.1, 0.15) is 57.1 Å². The van der Waals surface area contributed by atoms with Crippen LogP contribution in [0.5, 0.6) is 0 Å². The fraction of sp³-hybridized carbons (Fsp3) is 0.542. The van der Waals surface area contributed by atoms with Gasteiger partial charge < -0.3 is 9.47 Å². The van der Waals surface area contributed by atoms with Crippen molar-refractivity contribution in [3.63, 3.8) is 0 Å². The molecule has 1 aliphatic carbocycles. The van der Waals surface area contributed by atoms with Crippen molar-refractivity contribution in [3.8, 4) is 0 Å². The number of hydrogen-bond acceptors (Lipinski definition) is 4. The van der Waals surface area contributed by atoms with Crippen LogP contribution in [0.15, 0.2) is 42.5 Å². The van der Waals surface area contributed by atoms with Crippen LogP contribution in [0.25, 0.3) is 10.8 Å². The molecule has 0 amide bonds. The molecule has 0 aromatic heterocycles. The summed E-state index contributed by atoms with van der Waals surface area (Å²) in [5.41, 5.74) is 1.28. The summed E-state index contributed by atoms with van der Waals surface area (Å²) < 4.78 is 12.1. The zero-order valence-corrected chi connectivity index (χ0v) is 18.0. The Hall–Kier alpha value is -1.62. The maximum atomic E-state index is 11.3. The molecule has 158 valence electrons. The molecule has 1 heterocycles. The van der Waals surface area contributed by atoms with Crippen molar-refractivity contribution in [3.05, 3.63) is 48.0 Å². The van der Waals surface area contributed by atoms with Gasteiger partial charge in [-0.15, -0.1) is 12.4 Å². The van der Waals surface area contributed by atoms with E-state index in [0.717, 1.165) is 38.9 Å². The van der Waals surface area contributed by atoms with E-state index in [4.69, 9.17) is 9.47 Å². The highest BCUT2D eigenvalue weighted by atomic mass is 35.5. The molecule has 2 aromatic rings. The van der Waals surface area contributed by atoms with Crippen molar-refractivity contribution in [2.45, 2.75) is 63.8 Å². The summed E-state index contributed by atoms with van der Waals surface area (Å²) in [6.45, 7) is 4.10. The Morgan fingerprint density at radius 1 is 1.03 bits per heavy atom. The third-order valence-electron chi connectivity index (χ3n) is 6.06. The summed E-state index contributed by atoms with van der Waals surface area (Å²) in [7, 11) is 0. The number of hydrogen-bond donors (Lipinski definition) is 0. The number of likely N-dealkylation sites (tertiary alicyclic amines) is 1. The van der Waals surface area contributed by atoms with Gasteiger partial charge in [-0.3, -0.25) is 9.69 Å². The molecule has 1 saturated carbocycles. The van der Waals surface area contributed by atoms with Gasteiger partial charge in [0.1, 0.15) is 6.10 Å². The van der Waals surface area contributed by atoms with Crippen LogP contribution in [-0.2, 0) is 14.3 Å². The summed E-state index contributed by atoms with van der Waals surface area (Å²) in [6, 6.07) is 15.1. The maximum absolute atomic E-state index is 11.3. The number of fused-ring (bicyclic) bond motifs is 1. The van der Waals surface area contributed by atoms with Gasteiger partial charge in [-0.1, -0.05) is 61.7 Å². The van der Waals surface area contributed by atoms with E-state index in [1.165, 1.54) is 42.5 Å². The van der Waals surface area contributed by atoms with Crippen LogP contribution in [0.2, 0.25) is 0 Å². The summed E-state index contributed by atoms with van der Waals surface area (Å²) >= 11 is 0. The lowest BCUT2D eigenvalue weighted by molar-refractivity contribution is -0.145. The standard InChI is InChI=1S/C24H31NO3.ClH/c1-18(26)27-21-14-15-25(16-21)17-24(28-20-10-3-2-4-11-20)23-13-7-9-19-8-5-6-12-22(19)23;/h5-9,12-13,20-21,24H,2-4,10-11,14-17H2,1H3;1H. The molecule has 0 bridgehead atoms. The van der Waals surface area contributed by atoms with E-state index in [1.54, 1.807) is 0 Å². The minimum absolute atomic E-state index is 0. The number of ether oxygens (including phenoxy) is 2. The normalized spacial score (nSPS) is 21.6. The van der Waals surface area contributed by atoms with E-state index in [1.807, 2.05) is 0 Å². The zero-order valence-electron chi connectivity index (χ0n) is 17.2. The van der Waals surface area contributed by atoms with E-state index in [-0.39, 0.29) is 30.6 Å². The number of esters is 1. The van der Waals surface area contributed by atoms with Crippen molar-refractivity contribution in [1.29, 1.82) is 0 Å². The van der Waals surface area contributed by atoms with Gasteiger partial charge in [-0.05, 0) is 35.6 Å². The lowest BCUT2D eigenvalue weighted by atomic mass is 9.96. The van der Waals surface area contributed by atoms with Crippen molar-refractivity contribution in [2.75, 3.05) is 19.6 Å².